The smallest absolute Gasteiger partial charge is 0.0789 e. The topological polar surface area (TPSA) is 0 Å². The largest absolute Gasteiger partial charge is 1.00 e. The normalized spacial score (nSPS) is 11.1. The van der Waals surface area contributed by atoms with E-state index < -0.39 is 0 Å². The molecule has 0 amide bonds. The Kier molecular flexibility index (Phi) is 11.9. The van der Waals surface area contributed by atoms with Gasteiger partial charge in [-0.15, -0.1) is 0 Å². The van der Waals surface area contributed by atoms with Gasteiger partial charge in [0.05, 0.1) is 26.2 Å². The molecule has 0 aliphatic rings. The third kappa shape index (κ3) is 9.16. The van der Waals surface area contributed by atoms with Crippen LogP contribution in [0.15, 0.2) is 91.0 Å². The molecule has 0 saturated heterocycles. The van der Waals surface area contributed by atoms with Gasteiger partial charge in [-0.2, -0.15) is 0 Å². The van der Waals surface area contributed by atoms with E-state index in [2.05, 4.69) is 97.9 Å². The first-order valence-electron chi connectivity index (χ1n) is 11.8. The monoisotopic (exact) mass is 527 g/mol. The highest BCUT2D eigenvalue weighted by atomic mass is 127. The summed E-state index contributed by atoms with van der Waals surface area (Å²) in [5, 5.41) is 0. The maximum atomic E-state index is 2.40. The predicted molar refractivity (Wildman–Crippen MR) is 130 cm³/mol. The molecule has 0 unspecified atom stereocenters. The fourth-order valence-corrected chi connectivity index (χ4v) is 4.60. The second kappa shape index (κ2) is 14.4. The minimum atomic E-state index is 0. The van der Waals surface area contributed by atoms with Crippen molar-refractivity contribution >= 4 is 0 Å². The lowest BCUT2D eigenvalue weighted by Gasteiger charge is -2.38. The molecule has 0 radical (unpaired) electrons. The number of rotatable bonds is 13. The maximum absolute atomic E-state index is 2.40. The summed E-state index contributed by atoms with van der Waals surface area (Å²) < 4.78 is 1.26. The van der Waals surface area contributed by atoms with Crippen LogP contribution in [-0.4, -0.2) is 30.7 Å². The average Bonchev–Trinajstić information content (AvgIpc) is 2.81. The highest BCUT2D eigenvalue weighted by Gasteiger charge is 2.24. The number of aryl methyl sites for hydroxylation is 3. The Bertz CT molecular complexity index is 706. The van der Waals surface area contributed by atoms with Gasteiger partial charge in [0.15, 0.2) is 0 Å². The van der Waals surface area contributed by atoms with Gasteiger partial charge < -0.3 is 28.5 Å². The van der Waals surface area contributed by atoms with Crippen LogP contribution in [0.25, 0.3) is 0 Å². The molecular formula is C29H38IN. The van der Waals surface area contributed by atoms with Crippen molar-refractivity contribution in [2.24, 2.45) is 0 Å². The summed E-state index contributed by atoms with van der Waals surface area (Å²) in [6, 6.07) is 32.9. The van der Waals surface area contributed by atoms with Crippen molar-refractivity contribution in [1.29, 1.82) is 0 Å². The van der Waals surface area contributed by atoms with E-state index in [1.807, 2.05) is 0 Å². The molecule has 0 saturated carbocycles. The van der Waals surface area contributed by atoms with Crippen LogP contribution in [0.3, 0.4) is 0 Å². The van der Waals surface area contributed by atoms with Crippen molar-refractivity contribution < 1.29 is 28.5 Å². The molecule has 166 valence electrons. The highest BCUT2D eigenvalue weighted by Crippen LogP contribution is 2.17. The van der Waals surface area contributed by atoms with Crippen molar-refractivity contribution in [3.05, 3.63) is 108 Å². The standard InChI is InChI=1S/C29H38N.HI/c1-2-30(24-12-21-27-15-6-3-7-16-27,25-13-22-28-17-8-4-9-18-28)26-14-23-29-19-10-5-11-20-29;/h3-11,15-20H,2,12-14,21-26H2,1H3;1H/q+1;/p-1. The van der Waals surface area contributed by atoms with E-state index in [1.165, 1.54) is 85.9 Å². The van der Waals surface area contributed by atoms with Gasteiger partial charge in [-0.1, -0.05) is 91.0 Å². The van der Waals surface area contributed by atoms with Crippen LogP contribution in [-0.2, 0) is 19.3 Å². The van der Waals surface area contributed by atoms with Gasteiger partial charge in [0, 0.05) is 19.3 Å². The van der Waals surface area contributed by atoms with Crippen molar-refractivity contribution in [3.63, 3.8) is 0 Å². The molecule has 2 heteroatoms. The third-order valence-corrected chi connectivity index (χ3v) is 6.49. The number of benzene rings is 3. The first-order chi connectivity index (χ1) is 14.8. The lowest BCUT2D eigenvalue weighted by atomic mass is 10.1. The lowest BCUT2D eigenvalue weighted by Crippen LogP contribution is -3.00. The van der Waals surface area contributed by atoms with Gasteiger partial charge in [-0.05, 0) is 42.9 Å². The van der Waals surface area contributed by atoms with Crippen LogP contribution in [0.4, 0.5) is 0 Å². The van der Waals surface area contributed by atoms with Crippen molar-refractivity contribution in [1.82, 2.24) is 0 Å². The SMILES string of the molecule is CC[N+](CCCc1ccccc1)(CCCc1ccccc1)CCCc1ccccc1.[I-]. The van der Waals surface area contributed by atoms with Gasteiger partial charge >= 0.3 is 0 Å². The zero-order valence-corrected chi connectivity index (χ0v) is 21.2. The first-order valence-corrected chi connectivity index (χ1v) is 11.8. The maximum Gasteiger partial charge on any atom is 0.0789 e. The van der Waals surface area contributed by atoms with Gasteiger partial charge in [-0.3, -0.25) is 0 Å². The summed E-state index contributed by atoms with van der Waals surface area (Å²) >= 11 is 0. The summed E-state index contributed by atoms with van der Waals surface area (Å²) in [7, 11) is 0. The molecule has 0 spiro atoms. The summed E-state index contributed by atoms with van der Waals surface area (Å²) in [4.78, 5) is 0. The number of hydrogen-bond donors (Lipinski definition) is 0. The minimum Gasteiger partial charge on any atom is -1.00 e. The molecule has 3 aromatic rings. The molecule has 0 atom stereocenters. The Morgan fingerprint density at radius 2 is 0.774 bits per heavy atom. The molecule has 0 bridgehead atoms. The van der Waals surface area contributed by atoms with Crippen LogP contribution in [0, 0.1) is 0 Å². The van der Waals surface area contributed by atoms with Crippen LogP contribution in [0.5, 0.6) is 0 Å². The molecule has 3 rings (SSSR count). The molecule has 31 heavy (non-hydrogen) atoms. The fourth-order valence-electron chi connectivity index (χ4n) is 4.60. The van der Waals surface area contributed by atoms with E-state index in [0.29, 0.717) is 0 Å². The summed E-state index contributed by atoms with van der Waals surface area (Å²) in [5.41, 5.74) is 4.42. The molecular weight excluding hydrogens is 489 g/mol. The molecule has 0 N–H and O–H groups in total. The van der Waals surface area contributed by atoms with Crippen molar-refractivity contribution in [2.75, 3.05) is 26.2 Å². The quantitative estimate of drug-likeness (QED) is 0.235. The van der Waals surface area contributed by atoms with Gasteiger partial charge in [0.1, 0.15) is 0 Å². The van der Waals surface area contributed by atoms with Crippen LogP contribution in [0.2, 0.25) is 0 Å². The first kappa shape index (κ1) is 25.6. The molecule has 0 aliphatic carbocycles. The van der Waals surface area contributed by atoms with Gasteiger partial charge in [-0.25, -0.2) is 0 Å². The zero-order chi connectivity index (χ0) is 20.9. The van der Waals surface area contributed by atoms with Crippen molar-refractivity contribution in [2.45, 2.75) is 45.4 Å². The van der Waals surface area contributed by atoms with Crippen LogP contribution in [0.1, 0.15) is 42.9 Å². The number of halogens is 1. The Morgan fingerprint density at radius 1 is 0.484 bits per heavy atom. The van der Waals surface area contributed by atoms with E-state index in [1.54, 1.807) is 0 Å². The Labute approximate surface area is 207 Å². The summed E-state index contributed by atoms with van der Waals surface area (Å²) in [6.07, 6.45) is 7.40. The van der Waals surface area contributed by atoms with E-state index in [-0.39, 0.29) is 24.0 Å². The number of hydrogen-bond acceptors (Lipinski definition) is 0. The van der Waals surface area contributed by atoms with E-state index in [4.69, 9.17) is 0 Å². The van der Waals surface area contributed by atoms with E-state index in [9.17, 15) is 0 Å². The fraction of sp³-hybridized carbons (Fsp3) is 0.379. The molecule has 0 aliphatic heterocycles. The predicted octanol–water partition coefficient (Wildman–Crippen LogP) is 3.73. The molecule has 3 aromatic carbocycles. The molecule has 1 nitrogen and oxygen atoms in total. The Morgan fingerprint density at radius 3 is 1.03 bits per heavy atom. The molecule has 0 fully saturated rings. The third-order valence-electron chi connectivity index (χ3n) is 6.49. The van der Waals surface area contributed by atoms with Gasteiger partial charge in [0.2, 0.25) is 0 Å². The zero-order valence-electron chi connectivity index (χ0n) is 19.1. The van der Waals surface area contributed by atoms with Gasteiger partial charge in [0.25, 0.3) is 0 Å². The Balaban J connectivity index is 0.00000341. The van der Waals surface area contributed by atoms with E-state index in [0.717, 1.165) is 0 Å². The number of nitrogens with zero attached hydrogens (tertiary/aromatic N) is 1. The summed E-state index contributed by atoms with van der Waals surface area (Å²) in [5.74, 6) is 0. The van der Waals surface area contributed by atoms with Crippen LogP contribution >= 0.6 is 0 Å². The Hall–Kier alpha value is -1.65. The number of quaternary nitrogens is 1. The highest BCUT2D eigenvalue weighted by molar-refractivity contribution is 5.16. The molecule has 0 aromatic heterocycles. The minimum absolute atomic E-state index is 0. The van der Waals surface area contributed by atoms with Crippen LogP contribution < -0.4 is 24.0 Å². The summed E-state index contributed by atoms with van der Waals surface area (Å²) in [6.45, 7) is 7.49. The lowest BCUT2D eigenvalue weighted by molar-refractivity contribution is -0.927. The van der Waals surface area contributed by atoms with Crippen molar-refractivity contribution in [3.8, 4) is 0 Å². The average molecular weight is 528 g/mol. The molecule has 0 heterocycles. The van der Waals surface area contributed by atoms with E-state index >= 15 is 0 Å². The second-order valence-electron chi connectivity index (χ2n) is 8.60. The second-order valence-corrected chi connectivity index (χ2v) is 8.60.